The summed E-state index contributed by atoms with van der Waals surface area (Å²) >= 11 is 0. The molecule has 5 rings (SSSR count). The summed E-state index contributed by atoms with van der Waals surface area (Å²) in [4.78, 5) is 15.0. The van der Waals surface area contributed by atoms with E-state index in [0.717, 1.165) is 28.4 Å². The van der Waals surface area contributed by atoms with E-state index < -0.39 is 0 Å². The van der Waals surface area contributed by atoms with Gasteiger partial charge in [-0.3, -0.25) is 13.8 Å². The van der Waals surface area contributed by atoms with Gasteiger partial charge in [-0.25, -0.2) is 0 Å². The first kappa shape index (κ1) is 19.1. The normalized spacial score (nSPS) is 11.5. The molecule has 31 heavy (non-hydrogen) atoms. The minimum Gasteiger partial charge on any atom is -0.467 e. The van der Waals surface area contributed by atoms with Crippen LogP contribution in [0.4, 0.5) is 5.69 Å². The highest BCUT2D eigenvalue weighted by atomic mass is 16.3. The standard InChI is InChI=1S/C24H23N5O2/c1-16-6-9-18(10-7-16)28(14-19-5-4-12-31-19)15-22-25-26-24-27(3)23(30)20-13-17(2)8-11-21(20)29(22)24/h4-13H,14-15H2,1-3H3. The van der Waals surface area contributed by atoms with E-state index in [1.54, 1.807) is 17.9 Å². The molecule has 2 aromatic carbocycles. The Kier molecular flexibility index (Phi) is 4.58. The lowest BCUT2D eigenvalue weighted by atomic mass is 10.1. The number of hydrogen-bond acceptors (Lipinski definition) is 5. The Balaban J connectivity index is 1.65. The molecule has 0 aliphatic heterocycles. The van der Waals surface area contributed by atoms with Gasteiger partial charge in [0.1, 0.15) is 5.76 Å². The number of aryl methyl sites for hydroxylation is 3. The number of benzene rings is 2. The van der Waals surface area contributed by atoms with Gasteiger partial charge in [-0.05, 0) is 50.2 Å². The van der Waals surface area contributed by atoms with Crippen LogP contribution in [-0.2, 0) is 20.1 Å². The molecule has 7 nitrogen and oxygen atoms in total. The monoisotopic (exact) mass is 413 g/mol. The van der Waals surface area contributed by atoms with E-state index in [2.05, 4.69) is 46.3 Å². The van der Waals surface area contributed by atoms with Crippen molar-refractivity contribution in [3.05, 3.63) is 93.9 Å². The molecule has 3 aromatic heterocycles. The predicted octanol–water partition coefficient (Wildman–Crippen LogP) is 4.00. The van der Waals surface area contributed by atoms with Gasteiger partial charge in [-0.1, -0.05) is 29.3 Å². The van der Waals surface area contributed by atoms with E-state index in [4.69, 9.17) is 4.42 Å². The van der Waals surface area contributed by atoms with Crippen molar-refractivity contribution in [3.63, 3.8) is 0 Å². The largest absolute Gasteiger partial charge is 0.467 e. The van der Waals surface area contributed by atoms with E-state index >= 15 is 0 Å². The van der Waals surface area contributed by atoms with Crippen molar-refractivity contribution in [1.82, 2.24) is 19.2 Å². The van der Waals surface area contributed by atoms with Crippen LogP contribution >= 0.6 is 0 Å². The van der Waals surface area contributed by atoms with Gasteiger partial charge in [-0.15, -0.1) is 10.2 Å². The van der Waals surface area contributed by atoms with Crippen molar-refractivity contribution >= 4 is 22.4 Å². The molecule has 0 bridgehead atoms. The Labute approximate surface area is 179 Å². The van der Waals surface area contributed by atoms with Gasteiger partial charge < -0.3 is 9.32 Å². The Morgan fingerprint density at radius 3 is 2.48 bits per heavy atom. The van der Waals surface area contributed by atoms with Gasteiger partial charge >= 0.3 is 0 Å². The molecular formula is C24H23N5O2. The lowest BCUT2D eigenvalue weighted by Crippen LogP contribution is -2.25. The molecule has 0 aliphatic carbocycles. The second kappa shape index (κ2) is 7.43. The van der Waals surface area contributed by atoms with Crippen LogP contribution in [0.25, 0.3) is 16.7 Å². The molecule has 5 aromatic rings. The molecule has 0 spiro atoms. The van der Waals surface area contributed by atoms with E-state index in [1.165, 1.54) is 5.56 Å². The molecule has 7 heteroatoms. The Hall–Kier alpha value is -3.87. The number of rotatable bonds is 5. The minimum absolute atomic E-state index is 0.0730. The molecule has 0 unspecified atom stereocenters. The third kappa shape index (κ3) is 3.38. The maximum absolute atomic E-state index is 12.8. The zero-order valence-corrected chi connectivity index (χ0v) is 17.7. The topological polar surface area (TPSA) is 68.6 Å². The molecule has 0 fully saturated rings. The smallest absolute Gasteiger partial charge is 0.262 e. The summed E-state index contributed by atoms with van der Waals surface area (Å²) in [6, 6.07) is 18.1. The average Bonchev–Trinajstić information content (AvgIpc) is 3.42. The Morgan fingerprint density at radius 1 is 0.968 bits per heavy atom. The lowest BCUT2D eigenvalue weighted by Gasteiger charge is -2.23. The van der Waals surface area contributed by atoms with E-state index in [-0.39, 0.29) is 5.56 Å². The van der Waals surface area contributed by atoms with Gasteiger partial charge in [0.25, 0.3) is 5.56 Å². The number of anilines is 1. The SMILES string of the molecule is Cc1ccc(N(Cc2ccco2)Cc2nnc3n(C)c(=O)c4cc(C)ccc4n23)cc1. The molecule has 3 heterocycles. The summed E-state index contributed by atoms with van der Waals surface area (Å²) in [6.07, 6.45) is 1.68. The highest BCUT2D eigenvalue weighted by molar-refractivity contribution is 5.81. The fourth-order valence-corrected chi connectivity index (χ4v) is 3.92. The first-order valence-corrected chi connectivity index (χ1v) is 10.2. The van der Waals surface area contributed by atoms with Crippen LogP contribution in [0.5, 0.6) is 0 Å². The summed E-state index contributed by atoms with van der Waals surface area (Å²) in [6.45, 7) is 5.15. The Bertz CT molecular complexity index is 1430. The third-order valence-corrected chi connectivity index (χ3v) is 5.60. The second-order valence-electron chi connectivity index (χ2n) is 7.91. The van der Waals surface area contributed by atoms with Crippen molar-refractivity contribution in [2.45, 2.75) is 26.9 Å². The van der Waals surface area contributed by atoms with Gasteiger partial charge in [0.2, 0.25) is 5.78 Å². The lowest BCUT2D eigenvalue weighted by molar-refractivity contribution is 0.500. The third-order valence-electron chi connectivity index (χ3n) is 5.60. The highest BCUT2D eigenvalue weighted by Crippen LogP contribution is 2.22. The summed E-state index contributed by atoms with van der Waals surface area (Å²) in [5.74, 6) is 2.15. The fourth-order valence-electron chi connectivity index (χ4n) is 3.92. The molecular weight excluding hydrogens is 390 g/mol. The summed E-state index contributed by atoms with van der Waals surface area (Å²) in [5, 5.41) is 9.45. The number of fused-ring (bicyclic) bond motifs is 3. The Morgan fingerprint density at radius 2 is 1.74 bits per heavy atom. The number of nitrogens with zero attached hydrogens (tertiary/aromatic N) is 5. The van der Waals surface area contributed by atoms with Crippen LogP contribution in [-0.4, -0.2) is 19.2 Å². The van der Waals surface area contributed by atoms with Gasteiger partial charge in [0.05, 0.1) is 30.3 Å². The minimum atomic E-state index is -0.0730. The van der Waals surface area contributed by atoms with Crippen molar-refractivity contribution in [2.24, 2.45) is 7.05 Å². The highest BCUT2D eigenvalue weighted by Gasteiger charge is 2.18. The van der Waals surface area contributed by atoms with Crippen molar-refractivity contribution in [3.8, 4) is 0 Å². The number of aromatic nitrogens is 4. The molecule has 0 saturated carbocycles. The molecule has 0 N–H and O–H groups in total. The molecule has 0 atom stereocenters. The molecule has 156 valence electrons. The second-order valence-corrected chi connectivity index (χ2v) is 7.91. The molecule has 0 saturated heterocycles. The first-order valence-electron chi connectivity index (χ1n) is 10.2. The van der Waals surface area contributed by atoms with E-state index in [9.17, 15) is 4.79 Å². The predicted molar refractivity (Wildman–Crippen MR) is 120 cm³/mol. The average molecular weight is 413 g/mol. The van der Waals surface area contributed by atoms with Gasteiger partial charge in [-0.2, -0.15) is 0 Å². The van der Waals surface area contributed by atoms with E-state index in [1.807, 2.05) is 41.7 Å². The van der Waals surface area contributed by atoms with Crippen LogP contribution in [0, 0.1) is 13.8 Å². The van der Waals surface area contributed by atoms with Gasteiger partial charge in [0, 0.05) is 12.7 Å². The van der Waals surface area contributed by atoms with Crippen molar-refractivity contribution in [2.75, 3.05) is 4.90 Å². The van der Waals surface area contributed by atoms with Crippen LogP contribution in [0.2, 0.25) is 0 Å². The van der Waals surface area contributed by atoms with E-state index in [0.29, 0.717) is 24.3 Å². The number of hydrogen-bond donors (Lipinski definition) is 0. The van der Waals surface area contributed by atoms with Crippen molar-refractivity contribution < 1.29 is 4.42 Å². The van der Waals surface area contributed by atoms with Crippen LogP contribution in [0.15, 0.2) is 70.1 Å². The fraction of sp³-hybridized carbons (Fsp3) is 0.208. The summed E-state index contributed by atoms with van der Waals surface area (Å²) < 4.78 is 9.13. The quantitative estimate of drug-likeness (QED) is 0.436. The number of furan rings is 1. The van der Waals surface area contributed by atoms with Crippen LogP contribution < -0.4 is 10.5 Å². The zero-order valence-electron chi connectivity index (χ0n) is 17.7. The maximum Gasteiger partial charge on any atom is 0.262 e. The first-order chi connectivity index (χ1) is 15.0. The van der Waals surface area contributed by atoms with Crippen molar-refractivity contribution in [1.29, 1.82) is 0 Å². The van der Waals surface area contributed by atoms with Crippen LogP contribution in [0.1, 0.15) is 22.7 Å². The molecule has 0 radical (unpaired) electrons. The van der Waals surface area contributed by atoms with Gasteiger partial charge in [0.15, 0.2) is 5.82 Å². The summed E-state index contributed by atoms with van der Waals surface area (Å²) in [7, 11) is 1.73. The molecule has 0 aliphatic rings. The summed E-state index contributed by atoms with van der Waals surface area (Å²) in [5.41, 5.74) is 4.04. The molecule has 0 amide bonds. The maximum atomic E-state index is 12.8. The zero-order chi connectivity index (χ0) is 21.5. The van der Waals surface area contributed by atoms with Crippen LogP contribution in [0.3, 0.4) is 0 Å².